The highest BCUT2D eigenvalue weighted by atomic mass is 35.5. The smallest absolute Gasteiger partial charge is 0.233 e. The number of carbonyl (C=O) groups is 1. The Labute approximate surface area is 146 Å². The van der Waals surface area contributed by atoms with Gasteiger partial charge < -0.3 is 9.47 Å². The molecule has 1 atom stereocenters. The maximum absolute atomic E-state index is 12.7. The largest absolute Gasteiger partial charge is 0.335 e. The van der Waals surface area contributed by atoms with Crippen LogP contribution < -0.4 is 0 Å². The van der Waals surface area contributed by atoms with Crippen molar-refractivity contribution in [3.8, 4) is 0 Å². The van der Waals surface area contributed by atoms with E-state index in [2.05, 4.69) is 24.0 Å². The fraction of sp³-hybridized carbons (Fsp3) is 0.438. The van der Waals surface area contributed by atoms with Crippen LogP contribution in [0.1, 0.15) is 25.8 Å². The van der Waals surface area contributed by atoms with Gasteiger partial charge in [0.2, 0.25) is 5.91 Å². The monoisotopic (exact) mass is 352 g/mol. The molecule has 0 saturated heterocycles. The number of hydrogen-bond donors (Lipinski definition) is 0. The molecule has 0 saturated carbocycles. The van der Waals surface area contributed by atoms with Crippen LogP contribution in [0.2, 0.25) is 5.02 Å². The van der Waals surface area contributed by atoms with E-state index in [0.717, 1.165) is 17.1 Å². The fourth-order valence-electron chi connectivity index (χ4n) is 2.13. The van der Waals surface area contributed by atoms with Crippen molar-refractivity contribution in [2.45, 2.75) is 38.0 Å². The molecule has 1 aromatic heterocycles. The maximum Gasteiger partial charge on any atom is 0.233 e. The number of benzene rings is 1. The highest BCUT2D eigenvalue weighted by Gasteiger charge is 2.21. The van der Waals surface area contributed by atoms with Crippen molar-refractivity contribution in [3.05, 3.63) is 41.2 Å². The van der Waals surface area contributed by atoms with Gasteiger partial charge in [0.1, 0.15) is 6.33 Å². The number of rotatable bonds is 7. The molecule has 0 fully saturated rings. The van der Waals surface area contributed by atoms with Crippen molar-refractivity contribution in [1.82, 2.24) is 19.7 Å². The Morgan fingerprint density at radius 1 is 1.43 bits per heavy atom. The van der Waals surface area contributed by atoms with E-state index in [1.165, 1.54) is 11.8 Å². The lowest BCUT2D eigenvalue weighted by molar-refractivity contribution is -0.131. The SMILES string of the molecule is CCC(C)N(Cc1ccccc1Cl)C(=O)CSc1nncn1C. The van der Waals surface area contributed by atoms with Crippen molar-refractivity contribution >= 4 is 29.3 Å². The summed E-state index contributed by atoms with van der Waals surface area (Å²) >= 11 is 7.63. The summed E-state index contributed by atoms with van der Waals surface area (Å²) in [6, 6.07) is 7.80. The number of carbonyl (C=O) groups excluding carboxylic acids is 1. The average molecular weight is 353 g/mol. The summed E-state index contributed by atoms with van der Waals surface area (Å²) in [6.45, 7) is 4.65. The van der Waals surface area contributed by atoms with Crippen LogP contribution in [0.25, 0.3) is 0 Å². The third-order valence-corrected chi connectivity index (χ3v) is 5.12. The third-order valence-electron chi connectivity index (χ3n) is 3.74. The molecule has 7 heteroatoms. The van der Waals surface area contributed by atoms with E-state index in [4.69, 9.17) is 11.6 Å². The van der Waals surface area contributed by atoms with E-state index < -0.39 is 0 Å². The summed E-state index contributed by atoms with van der Waals surface area (Å²) in [6.07, 6.45) is 2.52. The number of aromatic nitrogens is 3. The molecule has 5 nitrogen and oxygen atoms in total. The number of hydrogen-bond acceptors (Lipinski definition) is 4. The zero-order valence-corrected chi connectivity index (χ0v) is 15.1. The Balaban J connectivity index is 2.07. The van der Waals surface area contributed by atoms with Crippen LogP contribution in [0.4, 0.5) is 0 Å². The second kappa shape index (κ2) is 8.36. The number of nitrogens with zero attached hydrogens (tertiary/aromatic N) is 4. The van der Waals surface area contributed by atoms with Crippen LogP contribution in [0, 0.1) is 0 Å². The van der Waals surface area contributed by atoms with Gasteiger partial charge in [-0.15, -0.1) is 10.2 Å². The van der Waals surface area contributed by atoms with Crippen LogP contribution in [-0.2, 0) is 18.4 Å². The van der Waals surface area contributed by atoms with E-state index >= 15 is 0 Å². The number of thioether (sulfide) groups is 1. The van der Waals surface area contributed by atoms with Crippen LogP contribution in [0.5, 0.6) is 0 Å². The predicted molar refractivity (Wildman–Crippen MR) is 93.5 cm³/mol. The summed E-state index contributed by atoms with van der Waals surface area (Å²) < 4.78 is 1.81. The molecule has 1 aromatic carbocycles. The lowest BCUT2D eigenvalue weighted by Gasteiger charge is -2.29. The van der Waals surface area contributed by atoms with Gasteiger partial charge in [-0.2, -0.15) is 0 Å². The second-order valence-corrected chi connectivity index (χ2v) is 6.73. The summed E-state index contributed by atoms with van der Waals surface area (Å²) in [5, 5.41) is 9.24. The van der Waals surface area contributed by atoms with E-state index in [1.807, 2.05) is 36.2 Å². The van der Waals surface area contributed by atoms with Gasteiger partial charge in [-0.25, -0.2) is 0 Å². The lowest BCUT2D eigenvalue weighted by Crippen LogP contribution is -2.39. The van der Waals surface area contributed by atoms with E-state index in [9.17, 15) is 4.79 Å². The van der Waals surface area contributed by atoms with Crippen molar-refractivity contribution < 1.29 is 4.79 Å². The Hall–Kier alpha value is -1.53. The number of halogens is 1. The molecule has 0 aliphatic carbocycles. The molecule has 2 aromatic rings. The Kier molecular flexibility index (Phi) is 6.47. The van der Waals surface area contributed by atoms with Crippen molar-refractivity contribution in [3.63, 3.8) is 0 Å². The molecule has 0 spiro atoms. The van der Waals surface area contributed by atoms with Crippen LogP contribution in [-0.4, -0.2) is 37.4 Å². The van der Waals surface area contributed by atoms with Gasteiger partial charge in [-0.1, -0.05) is 48.5 Å². The molecule has 0 radical (unpaired) electrons. The minimum atomic E-state index is 0.0762. The fourth-order valence-corrected chi connectivity index (χ4v) is 3.10. The van der Waals surface area contributed by atoms with E-state index in [-0.39, 0.29) is 11.9 Å². The molecule has 2 rings (SSSR count). The molecule has 1 amide bonds. The first-order chi connectivity index (χ1) is 11.0. The van der Waals surface area contributed by atoms with Crippen molar-refractivity contribution in [2.75, 3.05) is 5.75 Å². The molecular weight excluding hydrogens is 332 g/mol. The summed E-state index contributed by atoms with van der Waals surface area (Å²) in [5.41, 5.74) is 0.964. The van der Waals surface area contributed by atoms with E-state index in [1.54, 1.807) is 10.9 Å². The molecule has 0 bridgehead atoms. The van der Waals surface area contributed by atoms with E-state index in [0.29, 0.717) is 17.3 Å². The molecule has 0 N–H and O–H groups in total. The Morgan fingerprint density at radius 2 is 2.17 bits per heavy atom. The predicted octanol–water partition coefficient (Wildman–Crippen LogP) is 3.39. The zero-order chi connectivity index (χ0) is 16.8. The van der Waals surface area contributed by atoms with Gasteiger partial charge >= 0.3 is 0 Å². The first-order valence-corrected chi connectivity index (χ1v) is 8.89. The average Bonchev–Trinajstić information content (AvgIpc) is 2.96. The Bertz CT molecular complexity index is 661. The first-order valence-electron chi connectivity index (χ1n) is 7.52. The van der Waals surface area contributed by atoms with Gasteiger partial charge in [0.15, 0.2) is 5.16 Å². The lowest BCUT2D eigenvalue weighted by atomic mass is 10.1. The molecular formula is C16H21ClN4OS. The highest BCUT2D eigenvalue weighted by molar-refractivity contribution is 7.99. The third kappa shape index (κ3) is 4.72. The highest BCUT2D eigenvalue weighted by Crippen LogP contribution is 2.21. The topological polar surface area (TPSA) is 51.0 Å². The summed E-state index contributed by atoms with van der Waals surface area (Å²) in [4.78, 5) is 14.5. The second-order valence-electron chi connectivity index (χ2n) is 5.38. The molecule has 0 aliphatic heterocycles. The maximum atomic E-state index is 12.7. The molecule has 1 unspecified atom stereocenters. The number of aryl methyl sites for hydroxylation is 1. The van der Waals surface area contributed by atoms with Crippen LogP contribution in [0.3, 0.4) is 0 Å². The summed E-state index contributed by atoms with van der Waals surface area (Å²) in [5.74, 6) is 0.411. The van der Waals surface area contributed by atoms with Crippen LogP contribution in [0.15, 0.2) is 35.7 Å². The van der Waals surface area contributed by atoms with Crippen molar-refractivity contribution in [2.24, 2.45) is 7.05 Å². The molecule has 0 aliphatic rings. The van der Waals surface area contributed by atoms with Gasteiger partial charge in [-0.05, 0) is 25.0 Å². The Morgan fingerprint density at radius 3 is 2.78 bits per heavy atom. The molecule has 124 valence electrons. The normalized spacial score (nSPS) is 12.2. The quantitative estimate of drug-likeness (QED) is 0.717. The van der Waals surface area contributed by atoms with Gasteiger partial charge in [0.25, 0.3) is 0 Å². The molecule has 23 heavy (non-hydrogen) atoms. The van der Waals surface area contributed by atoms with Crippen molar-refractivity contribution in [1.29, 1.82) is 0 Å². The van der Waals surface area contributed by atoms with Gasteiger partial charge in [-0.3, -0.25) is 4.79 Å². The first kappa shape index (κ1) is 17.8. The number of amides is 1. The zero-order valence-electron chi connectivity index (χ0n) is 13.6. The standard InChI is InChI=1S/C16H21ClN4OS/c1-4-12(2)21(9-13-7-5-6-8-14(13)17)15(22)10-23-16-19-18-11-20(16)3/h5-8,11-12H,4,9-10H2,1-3H3. The minimum Gasteiger partial charge on any atom is -0.335 e. The molecule has 1 heterocycles. The van der Waals surface area contributed by atoms with Crippen LogP contribution >= 0.6 is 23.4 Å². The minimum absolute atomic E-state index is 0.0762. The summed E-state index contributed by atoms with van der Waals surface area (Å²) in [7, 11) is 1.86. The van der Waals surface area contributed by atoms with Gasteiger partial charge in [0.05, 0.1) is 5.75 Å². The van der Waals surface area contributed by atoms with Gasteiger partial charge in [0, 0.05) is 24.7 Å².